The van der Waals surface area contributed by atoms with Gasteiger partial charge in [0, 0.05) is 19.0 Å². The molecule has 1 N–H and O–H groups in total. The Morgan fingerprint density at radius 2 is 1.57 bits per heavy atom. The van der Waals surface area contributed by atoms with Gasteiger partial charge >= 0.3 is 0 Å². The van der Waals surface area contributed by atoms with Crippen LogP contribution in [0, 0.1) is 6.92 Å². The first-order valence-electron chi connectivity index (χ1n) is 10.9. The molecule has 4 nitrogen and oxygen atoms in total. The van der Waals surface area contributed by atoms with Gasteiger partial charge in [0.15, 0.2) is 0 Å². The third-order valence-corrected chi connectivity index (χ3v) is 5.47. The van der Waals surface area contributed by atoms with Gasteiger partial charge in [-0.3, -0.25) is 9.59 Å². The summed E-state index contributed by atoms with van der Waals surface area (Å²) in [4.78, 5) is 27.5. The van der Waals surface area contributed by atoms with Gasteiger partial charge < -0.3 is 10.2 Å². The van der Waals surface area contributed by atoms with Gasteiger partial charge in [0.2, 0.25) is 11.8 Å². The van der Waals surface area contributed by atoms with E-state index >= 15 is 0 Å². The molecule has 0 aliphatic heterocycles. The van der Waals surface area contributed by atoms with E-state index < -0.39 is 6.04 Å². The van der Waals surface area contributed by atoms with Crippen LogP contribution in [0.4, 0.5) is 0 Å². The van der Waals surface area contributed by atoms with Crippen LogP contribution >= 0.6 is 0 Å². The smallest absolute Gasteiger partial charge is 0.242 e. The fourth-order valence-corrected chi connectivity index (χ4v) is 3.42. The van der Waals surface area contributed by atoms with Crippen LogP contribution in [0.15, 0.2) is 48.5 Å². The number of amides is 2. The zero-order chi connectivity index (χ0) is 22.3. The number of aryl methyl sites for hydroxylation is 2. The minimum Gasteiger partial charge on any atom is -0.352 e. The zero-order valence-corrected chi connectivity index (χ0v) is 19.2. The molecule has 2 aromatic carbocycles. The number of rotatable bonds is 9. The molecule has 0 radical (unpaired) electrons. The highest BCUT2D eigenvalue weighted by atomic mass is 16.2. The summed E-state index contributed by atoms with van der Waals surface area (Å²) in [6.07, 6.45) is 1.05. The minimum atomic E-state index is -0.525. The molecule has 0 bridgehead atoms. The minimum absolute atomic E-state index is 0.00223. The molecule has 1 atom stereocenters. The molecule has 2 amide bonds. The van der Waals surface area contributed by atoms with Crippen molar-refractivity contribution in [2.24, 2.45) is 0 Å². The first kappa shape index (κ1) is 23.7. The molecule has 0 aliphatic carbocycles. The maximum atomic E-state index is 13.2. The third-order valence-electron chi connectivity index (χ3n) is 5.47. The van der Waals surface area contributed by atoms with E-state index in [4.69, 9.17) is 0 Å². The van der Waals surface area contributed by atoms with E-state index in [-0.39, 0.29) is 17.9 Å². The van der Waals surface area contributed by atoms with Crippen molar-refractivity contribution in [2.75, 3.05) is 0 Å². The van der Waals surface area contributed by atoms with Gasteiger partial charge in [-0.1, -0.05) is 62.4 Å². The molecular weight excluding hydrogens is 372 g/mol. The molecule has 0 aliphatic rings. The lowest BCUT2D eigenvalue weighted by molar-refractivity contribution is -0.140. The monoisotopic (exact) mass is 408 g/mol. The van der Waals surface area contributed by atoms with E-state index in [0.29, 0.717) is 25.3 Å². The molecule has 2 rings (SSSR count). The number of carbonyl (C=O) groups excluding carboxylic acids is 2. The summed E-state index contributed by atoms with van der Waals surface area (Å²) in [6, 6.07) is 16.0. The standard InChI is InChI=1S/C26H36N2O2/c1-18(2)23-14-11-22(12-15-23)13-16-25(29)28(21(6)26(30)27-19(3)4)17-24-10-8-7-9-20(24)5/h7-12,14-15,18-19,21H,13,16-17H2,1-6H3,(H,27,30). The second-order valence-electron chi connectivity index (χ2n) is 8.68. The molecule has 0 spiro atoms. The van der Waals surface area contributed by atoms with E-state index in [1.165, 1.54) is 5.56 Å². The molecule has 0 saturated heterocycles. The van der Waals surface area contributed by atoms with Crippen LogP contribution in [0.25, 0.3) is 0 Å². The molecule has 0 saturated carbocycles. The maximum absolute atomic E-state index is 13.2. The number of benzene rings is 2. The SMILES string of the molecule is Cc1ccccc1CN(C(=O)CCc1ccc(C(C)C)cc1)C(C)C(=O)NC(C)C. The largest absolute Gasteiger partial charge is 0.352 e. The van der Waals surface area contributed by atoms with Crippen molar-refractivity contribution in [1.82, 2.24) is 10.2 Å². The molecule has 1 unspecified atom stereocenters. The Hall–Kier alpha value is -2.62. The maximum Gasteiger partial charge on any atom is 0.242 e. The van der Waals surface area contributed by atoms with Crippen LogP contribution in [-0.4, -0.2) is 28.8 Å². The average Bonchev–Trinajstić information content (AvgIpc) is 2.70. The fourth-order valence-electron chi connectivity index (χ4n) is 3.42. The summed E-state index contributed by atoms with van der Waals surface area (Å²) in [7, 11) is 0. The van der Waals surface area contributed by atoms with Crippen LogP contribution in [0.3, 0.4) is 0 Å². The Bertz CT molecular complexity index is 840. The van der Waals surface area contributed by atoms with Crippen molar-refractivity contribution in [2.45, 2.75) is 78.9 Å². The molecular formula is C26H36N2O2. The number of carbonyl (C=O) groups is 2. The first-order valence-corrected chi connectivity index (χ1v) is 10.9. The quantitative estimate of drug-likeness (QED) is 0.635. The van der Waals surface area contributed by atoms with Gasteiger partial charge in [-0.05, 0) is 62.3 Å². The normalized spacial score (nSPS) is 12.1. The van der Waals surface area contributed by atoms with Gasteiger partial charge in [0.25, 0.3) is 0 Å². The molecule has 0 heterocycles. The van der Waals surface area contributed by atoms with E-state index in [1.807, 2.05) is 52.0 Å². The van der Waals surface area contributed by atoms with E-state index in [1.54, 1.807) is 4.90 Å². The lowest BCUT2D eigenvalue weighted by Gasteiger charge is -2.30. The topological polar surface area (TPSA) is 49.4 Å². The highest BCUT2D eigenvalue weighted by molar-refractivity contribution is 5.87. The Morgan fingerprint density at radius 3 is 2.13 bits per heavy atom. The van der Waals surface area contributed by atoms with Crippen LogP contribution in [0.1, 0.15) is 69.2 Å². The third kappa shape index (κ3) is 6.72. The number of nitrogens with zero attached hydrogens (tertiary/aromatic N) is 1. The van der Waals surface area contributed by atoms with Crippen molar-refractivity contribution >= 4 is 11.8 Å². The summed E-state index contributed by atoms with van der Waals surface area (Å²) in [5.74, 6) is 0.372. The van der Waals surface area contributed by atoms with Gasteiger partial charge in [0.05, 0.1) is 0 Å². The Labute approximate surface area is 181 Å². The predicted octanol–water partition coefficient (Wildman–Crippen LogP) is 4.99. The van der Waals surface area contributed by atoms with Crippen LogP contribution in [0.2, 0.25) is 0 Å². The average molecular weight is 409 g/mol. The second-order valence-corrected chi connectivity index (χ2v) is 8.68. The highest BCUT2D eigenvalue weighted by Crippen LogP contribution is 2.18. The summed E-state index contributed by atoms with van der Waals surface area (Å²) >= 11 is 0. The van der Waals surface area contributed by atoms with Crippen LogP contribution < -0.4 is 5.32 Å². The highest BCUT2D eigenvalue weighted by Gasteiger charge is 2.26. The lowest BCUT2D eigenvalue weighted by Crippen LogP contribution is -2.49. The lowest BCUT2D eigenvalue weighted by atomic mass is 10.00. The van der Waals surface area contributed by atoms with Crippen molar-refractivity contribution in [1.29, 1.82) is 0 Å². The van der Waals surface area contributed by atoms with Crippen LogP contribution in [-0.2, 0) is 22.6 Å². The molecule has 0 fully saturated rings. The van der Waals surface area contributed by atoms with E-state index in [0.717, 1.165) is 16.7 Å². The predicted molar refractivity (Wildman–Crippen MR) is 123 cm³/mol. The second kappa shape index (κ2) is 11.0. The Kier molecular flexibility index (Phi) is 8.64. The van der Waals surface area contributed by atoms with Gasteiger partial charge in [-0.25, -0.2) is 0 Å². The number of hydrogen-bond acceptors (Lipinski definition) is 2. The summed E-state index contributed by atoms with van der Waals surface area (Å²) in [6.45, 7) is 12.5. The molecule has 30 heavy (non-hydrogen) atoms. The zero-order valence-electron chi connectivity index (χ0n) is 19.2. The summed E-state index contributed by atoms with van der Waals surface area (Å²) in [5, 5.41) is 2.94. The molecule has 162 valence electrons. The molecule has 0 aromatic heterocycles. The number of nitrogens with one attached hydrogen (secondary N) is 1. The van der Waals surface area contributed by atoms with Crippen molar-refractivity contribution < 1.29 is 9.59 Å². The Morgan fingerprint density at radius 1 is 0.933 bits per heavy atom. The van der Waals surface area contributed by atoms with Crippen molar-refractivity contribution in [3.05, 3.63) is 70.8 Å². The fraction of sp³-hybridized carbons (Fsp3) is 0.462. The van der Waals surface area contributed by atoms with Crippen molar-refractivity contribution in [3.63, 3.8) is 0 Å². The van der Waals surface area contributed by atoms with Gasteiger partial charge in [-0.2, -0.15) is 0 Å². The summed E-state index contributed by atoms with van der Waals surface area (Å²) < 4.78 is 0. The Balaban J connectivity index is 2.14. The molecule has 2 aromatic rings. The molecule has 4 heteroatoms. The van der Waals surface area contributed by atoms with Gasteiger partial charge in [0.1, 0.15) is 6.04 Å². The van der Waals surface area contributed by atoms with E-state index in [9.17, 15) is 9.59 Å². The van der Waals surface area contributed by atoms with Crippen molar-refractivity contribution in [3.8, 4) is 0 Å². The van der Waals surface area contributed by atoms with Gasteiger partial charge in [-0.15, -0.1) is 0 Å². The van der Waals surface area contributed by atoms with Crippen LogP contribution in [0.5, 0.6) is 0 Å². The van der Waals surface area contributed by atoms with E-state index in [2.05, 4.69) is 43.4 Å². The number of hydrogen-bond donors (Lipinski definition) is 1. The summed E-state index contributed by atoms with van der Waals surface area (Å²) in [5.41, 5.74) is 4.63. The first-order chi connectivity index (χ1) is 14.2.